The molecule has 0 saturated heterocycles. The smallest absolute Gasteiger partial charge is 0.223 e. The molecule has 1 N–H and O–H groups in total. The van der Waals surface area contributed by atoms with Crippen LogP contribution in [0.3, 0.4) is 0 Å². The minimum absolute atomic E-state index is 0.0700. The van der Waals surface area contributed by atoms with E-state index in [2.05, 4.69) is 12.2 Å². The van der Waals surface area contributed by atoms with E-state index in [9.17, 15) is 4.79 Å². The molecule has 2 nitrogen and oxygen atoms in total. The van der Waals surface area contributed by atoms with Crippen molar-refractivity contribution in [2.45, 2.75) is 39.7 Å². The molecule has 1 aliphatic carbocycles. The number of rotatable bonds is 1. The highest BCUT2D eigenvalue weighted by atomic mass is 16.2. The minimum Gasteiger partial charge on any atom is -0.351 e. The first-order valence-electron chi connectivity index (χ1n) is 4.22. The maximum atomic E-state index is 11.3. The quantitative estimate of drug-likeness (QED) is 0.611. The fourth-order valence-corrected chi connectivity index (χ4v) is 1.15. The van der Waals surface area contributed by atoms with Gasteiger partial charge in [0.2, 0.25) is 5.91 Å². The average Bonchev–Trinajstić information content (AvgIpc) is 2.41. The zero-order chi connectivity index (χ0) is 8.65. The van der Waals surface area contributed by atoms with E-state index in [4.69, 9.17) is 0 Å². The van der Waals surface area contributed by atoms with Crippen molar-refractivity contribution in [1.82, 2.24) is 5.32 Å². The Morgan fingerprint density at radius 3 is 2.18 bits per heavy atom. The maximum Gasteiger partial charge on any atom is 0.223 e. The zero-order valence-corrected chi connectivity index (χ0v) is 7.77. The largest absolute Gasteiger partial charge is 0.351 e. The van der Waals surface area contributed by atoms with Gasteiger partial charge in [-0.25, -0.2) is 0 Å². The van der Waals surface area contributed by atoms with Gasteiger partial charge in [-0.15, -0.1) is 0 Å². The van der Waals surface area contributed by atoms with Gasteiger partial charge in [0.15, 0.2) is 0 Å². The van der Waals surface area contributed by atoms with Gasteiger partial charge in [0.05, 0.1) is 0 Å². The number of hydrogen-bond acceptors (Lipinski definition) is 1. The molecular weight excluding hydrogens is 138 g/mol. The van der Waals surface area contributed by atoms with Crippen LogP contribution in [0.4, 0.5) is 0 Å². The molecular formula is C9H17NO. The average molecular weight is 155 g/mol. The third-order valence-electron chi connectivity index (χ3n) is 1.94. The van der Waals surface area contributed by atoms with Crippen molar-refractivity contribution in [3.8, 4) is 0 Å². The van der Waals surface area contributed by atoms with E-state index >= 15 is 0 Å². The van der Waals surface area contributed by atoms with Crippen molar-refractivity contribution in [2.24, 2.45) is 11.8 Å². The second kappa shape index (κ2) is 2.50. The lowest BCUT2D eigenvalue weighted by Gasteiger charge is -2.20. The lowest BCUT2D eigenvalue weighted by atomic mass is 10.1. The van der Waals surface area contributed by atoms with Gasteiger partial charge in [0.25, 0.3) is 0 Å². The molecule has 1 aliphatic rings. The van der Waals surface area contributed by atoms with E-state index in [1.165, 1.54) is 0 Å². The molecule has 0 bridgehead atoms. The van der Waals surface area contributed by atoms with Crippen LogP contribution in [0.25, 0.3) is 0 Å². The fraction of sp³-hybridized carbons (Fsp3) is 0.889. The van der Waals surface area contributed by atoms with E-state index in [1.807, 2.05) is 20.8 Å². The second-order valence-corrected chi connectivity index (χ2v) is 4.56. The predicted octanol–water partition coefficient (Wildman–Crippen LogP) is 1.56. The van der Waals surface area contributed by atoms with Gasteiger partial charge in [-0.2, -0.15) is 0 Å². The molecule has 1 fully saturated rings. The van der Waals surface area contributed by atoms with Crippen LogP contribution in [0.15, 0.2) is 0 Å². The second-order valence-electron chi connectivity index (χ2n) is 4.56. The maximum absolute atomic E-state index is 11.3. The van der Waals surface area contributed by atoms with Gasteiger partial charge in [0, 0.05) is 11.5 Å². The number of amides is 1. The van der Waals surface area contributed by atoms with Crippen molar-refractivity contribution >= 4 is 5.91 Å². The van der Waals surface area contributed by atoms with E-state index in [1.54, 1.807) is 0 Å². The van der Waals surface area contributed by atoms with Crippen molar-refractivity contribution < 1.29 is 4.79 Å². The Morgan fingerprint density at radius 1 is 1.45 bits per heavy atom. The van der Waals surface area contributed by atoms with Crippen LogP contribution in [0.5, 0.6) is 0 Å². The van der Waals surface area contributed by atoms with E-state index in [0.29, 0.717) is 11.8 Å². The molecule has 0 radical (unpaired) electrons. The Labute approximate surface area is 68.4 Å². The third-order valence-corrected chi connectivity index (χ3v) is 1.94. The molecule has 2 heteroatoms. The Morgan fingerprint density at radius 2 is 1.91 bits per heavy atom. The van der Waals surface area contributed by atoms with Crippen LogP contribution in [-0.2, 0) is 4.79 Å². The number of carbonyl (C=O) groups excluding carboxylic acids is 1. The molecule has 1 saturated carbocycles. The van der Waals surface area contributed by atoms with Gasteiger partial charge >= 0.3 is 0 Å². The SMILES string of the molecule is C[C@H]1C[C@H]1C(=O)NC(C)(C)C. The standard InChI is InChI=1S/C9H17NO/c1-6-5-7(6)8(11)10-9(2,3)4/h6-7H,5H2,1-4H3,(H,10,11)/t6-,7+/m0/s1. The van der Waals surface area contributed by atoms with Crippen LogP contribution < -0.4 is 5.32 Å². The molecule has 0 aliphatic heterocycles. The van der Waals surface area contributed by atoms with E-state index in [-0.39, 0.29) is 11.4 Å². The molecule has 1 rings (SSSR count). The Bertz CT molecular complexity index is 169. The molecule has 0 unspecified atom stereocenters. The number of carbonyl (C=O) groups is 1. The summed E-state index contributed by atoms with van der Waals surface area (Å²) in [5.74, 6) is 1.14. The summed E-state index contributed by atoms with van der Waals surface area (Å²) in [4.78, 5) is 11.3. The van der Waals surface area contributed by atoms with Gasteiger partial charge < -0.3 is 5.32 Å². The van der Waals surface area contributed by atoms with Crippen LogP contribution in [0, 0.1) is 11.8 Å². The molecule has 0 heterocycles. The molecule has 2 atom stereocenters. The van der Waals surface area contributed by atoms with Crippen molar-refractivity contribution in [3.05, 3.63) is 0 Å². The topological polar surface area (TPSA) is 29.1 Å². The van der Waals surface area contributed by atoms with Gasteiger partial charge in [-0.1, -0.05) is 6.92 Å². The molecule has 0 spiro atoms. The Kier molecular flexibility index (Phi) is 1.95. The van der Waals surface area contributed by atoms with Crippen LogP contribution in [-0.4, -0.2) is 11.4 Å². The van der Waals surface area contributed by atoms with Crippen molar-refractivity contribution in [1.29, 1.82) is 0 Å². The van der Waals surface area contributed by atoms with Crippen molar-refractivity contribution in [2.75, 3.05) is 0 Å². The summed E-state index contributed by atoms with van der Waals surface area (Å²) >= 11 is 0. The van der Waals surface area contributed by atoms with Gasteiger partial charge in [0.1, 0.15) is 0 Å². The van der Waals surface area contributed by atoms with E-state index in [0.717, 1.165) is 6.42 Å². The van der Waals surface area contributed by atoms with Crippen LogP contribution >= 0.6 is 0 Å². The Hall–Kier alpha value is -0.530. The summed E-state index contributed by atoms with van der Waals surface area (Å²) < 4.78 is 0. The highest BCUT2D eigenvalue weighted by molar-refractivity contribution is 5.81. The lowest BCUT2D eigenvalue weighted by molar-refractivity contribution is -0.124. The number of hydrogen-bond donors (Lipinski definition) is 1. The first kappa shape index (κ1) is 8.57. The highest BCUT2D eigenvalue weighted by Crippen LogP contribution is 2.37. The normalized spacial score (nSPS) is 29.8. The minimum atomic E-state index is -0.0700. The summed E-state index contributed by atoms with van der Waals surface area (Å²) in [5, 5.41) is 2.97. The summed E-state index contributed by atoms with van der Waals surface area (Å²) in [6.07, 6.45) is 1.07. The highest BCUT2D eigenvalue weighted by Gasteiger charge is 2.39. The van der Waals surface area contributed by atoms with Gasteiger partial charge in [-0.3, -0.25) is 4.79 Å². The summed E-state index contributed by atoms with van der Waals surface area (Å²) in [5.41, 5.74) is -0.0700. The molecule has 0 aromatic rings. The Balaban J connectivity index is 2.33. The summed E-state index contributed by atoms with van der Waals surface area (Å²) in [7, 11) is 0. The molecule has 64 valence electrons. The van der Waals surface area contributed by atoms with Crippen LogP contribution in [0.2, 0.25) is 0 Å². The predicted molar refractivity (Wildman–Crippen MR) is 45.2 cm³/mol. The first-order chi connectivity index (χ1) is 4.90. The monoisotopic (exact) mass is 155 g/mol. The zero-order valence-electron chi connectivity index (χ0n) is 7.77. The summed E-state index contributed by atoms with van der Waals surface area (Å²) in [6.45, 7) is 8.15. The molecule has 11 heavy (non-hydrogen) atoms. The van der Waals surface area contributed by atoms with Crippen LogP contribution in [0.1, 0.15) is 34.1 Å². The molecule has 0 aromatic carbocycles. The number of nitrogens with one attached hydrogen (secondary N) is 1. The third kappa shape index (κ3) is 2.52. The van der Waals surface area contributed by atoms with Gasteiger partial charge in [-0.05, 0) is 33.1 Å². The molecule has 1 amide bonds. The first-order valence-corrected chi connectivity index (χ1v) is 4.22. The van der Waals surface area contributed by atoms with Crippen molar-refractivity contribution in [3.63, 3.8) is 0 Å². The fourth-order valence-electron chi connectivity index (χ4n) is 1.15. The lowest BCUT2D eigenvalue weighted by Crippen LogP contribution is -2.41. The van der Waals surface area contributed by atoms with E-state index < -0.39 is 0 Å². The summed E-state index contributed by atoms with van der Waals surface area (Å²) in [6, 6.07) is 0. The molecule has 0 aromatic heterocycles.